The number of hydrogen-bond acceptors (Lipinski definition) is 2. The molecule has 0 aromatic rings. The molecule has 0 saturated carbocycles. The van der Waals surface area contributed by atoms with E-state index in [9.17, 15) is 62.9 Å². The third kappa shape index (κ3) is 4.87. The maximum absolute atomic E-state index is 13.4. The smallest absolute Gasteiger partial charge is 0.384 e. The van der Waals surface area contributed by atoms with Gasteiger partial charge in [0.05, 0.1) is 0 Å². The lowest BCUT2D eigenvalue weighted by molar-refractivity contribution is -0.303. The van der Waals surface area contributed by atoms with E-state index in [4.69, 9.17) is 0 Å². The Morgan fingerprint density at radius 1 is 0.577 bits per heavy atom. The van der Waals surface area contributed by atoms with Gasteiger partial charge in [0.25, 0.3) is 12.3 Å². The Morgan fingerprint density at radius 3 is 0.923 bits per heavy atom. The first kappa shape index (κ1) is 25.1. The second kappa shape index (κ2) is 6.91. The monoisotopic (exact) mass is 418 g/mol. The van der Waals surface area contributed by atoms with Crippen molar-refractivity contribution in [1.82, 2.24) is 0 Å². The van der Waals surface area contributed by atoms with Crippen LogP contribution in [0, 0.1) is 0 Å². The van der Waals surface area contributed by atoms with Gasteiger partial charge >= 0.3 is 24.2 Å². The molecular formula is C12H14F12O2. The van der Waals surface area contributed by atoms with E-state index in [0.717, 1.165) is 0 Å². The second-order valence-electron chi connectivity index (χ2n) is 6.10. The molecule has 0 aliphatic carbocycles. The third-order valence-corrected chi connectivity index (χ3v) is 3.75. The number of hydrogen-bond donors (Lipinski definition) is 2. The molecule has 14 heteroatoms. The van der Waals surface area contributed by atoms with Crippen LogP contribution in [0.1, 0.15) is 26.7 Å². The van der Waals surface area contributed by atoms with E-state index in [1.54, 1.807) is 0 Å². The molecule has 4 unspecified atom stereocenters. The standard InChI is InChI=1S/C12H14F12O2/c1-7(25,9(15,16)5(13)11(19,20)21)3-4-8(2,26)10(17,18)6(14)12(22,23)24/h5-6,25-26H,3-4H2,1-2H3. The summed E-state index contributed by atoms with van der Waals surface area (Å²) in [6.07, 6.45) is -26.0. The molecule has 0 amide bonds. The van der Waals surface area contributed by atoms with Crippen LogP contribution in [0.15, 0.2) is 0 Å². The van der Waals surface area contributed by atoms with Gasteiger partial charge < -0.3 is 10.2 Å². The molecule has 0 bridgehead atoms. The van der Waals surface area contributed by atoms with Crippen LogP contribution in [-0.2, 0) is 0 Å². The quantitative estimate of drug-likeness (QED) is 0.604. The van der Waals surface area contributed by atoms with Gasteiger partial charge in [-0.15, -0.1) is 0 Å². The zero-order valence-corrected chi connectivity index (χ0v) is 13.0. The molecule has 2 nitrogen and oxygen atoms in total. The van der Waals surface area contributed by atoms with E-state index in [1.165, 1.54) is 0 Å². The van der Waals surface area contributed by atoms with Gasteiger partial charge in [0.1, 0.15) is 11.2 Å². The Morgan fingerprint density at radius 2 is 0.769 bits per heavy atom. The van der Waals surface area contributed by atoms with E-state index in [1.807, 2.05) is 0 Å². The van der Waals surface area contributed by atoms with Crippen molar-refractivity contribution in [1.29, 1.82) is 0 Å². The van der Waals surface area contributed by atoms with Crippen molar-refractivity contribution in [3.8, 4) is 0 Å². The lowest BCUT2D eigenvalue weighted by Gasteiger charge is -2.39. The molecule has 0 aliphatic rings. The Kier molecular flexibility index (Phi) is 6.67. The van der Waals surface area contributed by atoms with Crippen molar-refractivity contribution in [3.63, 3.8) is 0 Å². The highest BCUT2D eigenvalue weighted by Gasteiger charge is 2.68. The molecular weight excluding hydrogens is 404 g/mol. The van der Waals surface area contributed by atoms with Crippen molar-refractivity contribution in [2.45, 2.75) is 74.4 Å². The number of halogens is 12. The molecule has 0 spiro atoms. The Labute approximate surface area is 138 Å². The van der Waals surface area contributed by atoms with Gasteiger partial charge in [0, 0.05) is 0 Å². The highest BCUT2D eigenvalue weighted by molar-refractivity contribution is 5.02. The lowest BCUT2D eigenvalue weighted by atomic mass is 9.81. The topological polar surface area (TPSA) is 40.5 Å². The van der Waals surface area contributed by atoms with E-state index < -0.39 is 60.6 Å². The zero-order valence-electron chi connectivity index (χ0n) is 13.0. The minimum Gasteiger partial charge on any atom is -0.384 e. The van der Waals surface area contributed by atoms with Gasteiger partial charge in [-0.3, -0.25) is 0 Å². The third-order valence-electron chi connectivity index (χ3n) is 3.75. The highest BCUT2D eigenvalue weighted by Crippen LogP contribution is 2.47. The van der Waals surface area contributed by atoms with Crippen LogP contribution in [0.3, 0.4) is 0 Å². The predicted molar refractivity (Wildman–Crippen MR) is 62.3 cm³/mol. The molecule has 0 rings (SSSR count). The van der Waals surface area contributed by atoms with Crippen LogP contribution in [-0.4, -0.2) is 58.0 Å². The van der Waals surface area contributed by atoms with Crippen LogP contribution in [0.5, 0.6) is 0 Å². The maximum Gasteiger partial charge on any atom is 0.425 e. The Hall–Kier alpha value is -0.920. The van der Waals surface area contributed by atoms with Crippen molar-refractivity contribution < 1.29 is 62.9 Å². The number of aliphatic hydroxyl groups is 2. The molecule has 0 aliphatic heterocycles. The molecule has 0 heterocycles. The van der Waals surface area contributed by atoms with Gasteiger partial charge in [0.2, 0.25) is 0 Å². The van der Waals surface area contributed by atoms with E-state index in [0.29, 0.717) is 0 Å². The fraction of sp³-hybridized carbons (Fsp3) is 1.00. The summed E-state index contributed by atoms with van der Waals surface area (Å²) in [5.41, 5.74) is -8.02. The first-order valence-corrected chi connectivity index (χ1v) is 6.64. The average molecular weight is 418 g/mol. The van der Waals surface area contributed by atoms with Crippen LogP contribution in [0.25, 0.3) is 0 Å². The molecule has 158 valence electrons. The molecule has 0 saturated heterocycles. The summed E-state index contributed by atoms with van der Waals surface area (Å²) in [5, 5.41) is 18.7. The molecule has 26 heavy (non-hydrogen) atoms. The fourth-order valence-electron chi connectivity index (χ4n) is 1.78. The SMILES string of the molecule is CC(O)(CCC(C)(O)C(F)(F)C(F)C(F)(F)F)C(F)(F)C(F)C(F)(F)F. The predicted octanol–water partition coefficient (Wildman–Crippen LogP) is 4.34. The molecule has 0 fully saturated rings. The van der Waals surface area contributed by atoms with Crippen molar-refractivity contribution in [3.05, 3.63) is 0 Å². The summed E-state index contributed by atoms with van der Waals surface area (Å²) >= 11 is 0. The summed E-state index contributed by atoms with van der Waals surface area (Å²) in [7, 11) is 0. The maximum atomic E-state index is 13.4. The van der Waals surface area contributed by atoms with E-state index in [2.05, 4.69) is 0 Å². The zero-order chi connectivity index (χ0) is 21.6. The Balaban J connectivity index is 5.48. The first-order chi connectivity index (χ1) is 11.0. The average Bonchev–Trinajstić information content (AvgIpc) is 2.41. The van der Waals surface area contributed by atoms with Gasteiger partial charge in [-0.2, -0.15) is 43.9 Å². The van der Waals surface area contributed by atoms with Gasteiger partial charge in [-0.05, 0) is 26.7 Å². The first-order valence-electron chi connectivity index (χ1n) is 6.64. The van der Waals surface area contributed by atoms with Gasteiger partial charge in [-0.1, -0.05) is 0 Å². The van der Waals surface area contributed by atoms with Crippen LogP contribution in [0.4, 0.5) is 52.7 Å². The van der Waals surface area contributed by atoms with E-state index in [-0.39, 0.29) is 13.8 Å². The largest absolute Gasteiger partial charge is 0.425 e. The van der Waals surface area contributed by atoms with Crippen LogP contribution >= 0.6 is 0 Å². The van der Waals surface area contributed by atoms with Crippen LogP contribution < -0.4 is 0 Å². The highest BCUT2D eigenvalue weighted by atomic mass is 19.4. The summed E-state index contributed by atoms with van der Waals surface area (Å²) in [5.74, 6) is -11.2. The number of rotatable bonds is 7. The lowest BCUT2D eigenvalue weighted by Crippen LogP contribution is -2.59. The molecule has 2 N–H and O–H groups in total. The van der Waals surface area contributed by atoms with Crippen molar-refractivity contribution >= 4 is 0 Å². The normalized spacial score (nSPS) is 21.7. The van der Waals surface area contributed by atoms with Gasteiger partial charge in [-0.25, -0.2) is 8.78 Å². The van der Waals surface area contributed by atoms with Gasteiger partial charge in [0.15, 0.2) is 0 Å². The minimum absolute atomic E-state index is 0.101. The van der Waals surface area contributed by atoms with Crippen molar-refractivity contribution in [2.24, 2.45) is 0 Å². The summed E-state index contributed by atoms with van der Waals surface area (Å²) in [6.45, 7) is -0.202. The van der Waals surface area contributed by atoms with E-state index >= 15 is 0 Å². The molecule has 0 aromatic heterocycles. The second-order valence-corrected chi connectivity index (χ2v) is 6.10. The number of alkyl halides is 12. The summed E-state index contributed by atoms with van der Waals surface area (Å²) < 4.78 is 152. The summed E-state index contributed by atoms with van der Waals surface area (Å²) in [6, 6.07) is 0. The summed E-state index contributed by atoms with van der Waals surface area (Å²) in [4.78, 5) is 0. The molecule has 0 radical (unpaired) electrons. The fourth-order valence-corrected chi connectivity index (χ4v) is 1.78. The van der Waals surface area contributed by atoms with Crippen molar-refractivity contribution in [2.75, 3.05) is 0 Å². The molecule has 4 atom stereocenters. The Bertz CT molecular complexity index is 436. The minimum atomic E-state index is -6.15. The van der Waals surface area contributed by atoms with Crippen LogP contribution in [0.2, 0.25) is 0 Å². The molecule has 0 aromatic carbocycles.